The van der Waals surface area contributed by atoms with Gasteiger partial charge in [-0.3, -0.25) is 19.9 Å². The van der Waals surface area contributed by atoms with E-state index in [4.69, 9.17) is 16.3 Å². The predicted octanol–water partition coefficient (Wildman–Crippen LogP) is 1.02. The van der Waals surface area contributed by atoms with Crippen LogP contribution in [0.5, 0.6) is 0 Å². The Bertz CT molecular complexity index is 692. The zero-order chi connectivity index (χ0) is 20.0. The molecule has 1 aromatic carbocycles. The number of nitrogens with zero attached hydrogens (tertiary/aromatic N) is 2. The number of urea groups is 1. The van der Waals surface area contributed by atoms with Gasteiger partial charge in [-0.2, -0.15) is 0 Å². The lowest BCUT2D eigenvalue weighted by atomic mass is 10.0. The van der Waals surface area contributed by atoms with Crippen molar-refractivity contribution >= 4 is 29.5 Å². The minimum atomic E-state index is -0.596. The molecule has 2 rings (SSSR count). The summed E-state index contributed by atoms with van der Waals surface area (Å²) in [6.07, 6.45) is 0. The molecule has 0 unspecified atom stereocenters. The van der Waals surface area contributed by atoms with Gasteiger partial charge in [0, 0.05) is 38.2 Å². The summed E-state index contributed by atoms with van der Waals surface area (Å²) in [4.78, 5) is 39.8. The van der Waals surface area contributed by atoms with Gasteiger partial charge in [-0.05, 0) is 18.6 Å². The van der Waals surface area contributed by atoms with Crippen molar-refractivity contribution in [2.24, 2.45) is 0 Å². The van der Waals surface area contributed by atoms with Crippen molar-refractivity contribution in [2.45, 2.75) is 19.0 Å². The molecule has 8 nitrogen and oxygen atoms in total. The number of carbonyl (C=O) groups excluding carboxylic acids is 3. The minimum absolute atomic E-state index is 0.363. The van der Waals surface area contributed by atoms with Crippen LogP contribution in [0.1, 0.15) is 18.5 Å². The maximum absolute atomic E-state index is 12.4. The van der Waals surface area contributed by atoms with Gasteiger partial charge in [-0.1, -0.05) is 29.8 Å². The number of piperazine rings is 1. The summed E-state index contributed by atoms with van der Waals surface area (Å²) in [6, 6.07) is 5.62. The molecule has 1 fully saturated rings. The highest BCUT2D eigenvalue weighted by Gasteiger charge is 2.34. The molecular formula is C18H25ClN4O4. The van der Waals surface area contributed by atoms with E-state index in [0.29, 0.717) is 36.8 Å². The van der Waals surface area contributed by atoms with Crippen molar-refractivity contribution in [3.05, 3.63) is 34.9 Å². The predicted molar refractivity (Wildman–Crippen MR) is 101 cm³/mol. The average Bonchev–Trinajstić information content (AvgIpc) is 2.69. The van der Waals surface area contributed by atoms with E-state index in [9.17, 15) is 14.4 Å². The summed E-state index contributed by atoms with van der Waals surface area (Å²) in [7, 11) is 2.81. The van der Waals surface area contributed by atoms with E-state index in [1.165, 1.54) is 14.2 Å². The quantitative estimate of drug-likeness (QED) is 0.722. The number of nitrogens with one attached hydrogen (secondary N) is 2. The Labute approximate surface area is 163 Å². The molecule has 2 N–H and O–H groups in total. The van der Waals surface area contributed by atoms with Gasteiger partial charge in [-0.25, -0.2) is 9.59 Å². The first kappa shape index (κ1) is 21.1. The van der Waals surface area contributed by atoms with Crippen LogP contribution in [0, 0.1) is 0 Å². The van der Waals surface area contributed by atoms with Crippen LogP contribution in [0.4, 0.5) is 4.79 Å². The number of ether oxygens (including phenoxy) is 1. The summed E-state index contributed by atoms with van der Waals surface area (Å²) in [5.74, 6) is -0.736. The molecule has 148 valence electrons. The fraction of sp³-hybridized carbons (Fsp3) is 0.500. The number of benzene rings is 1. The minimum Gasteiger partial charge on any atom is -0.468 e. The maximum atomic E-state index is 12.4. The molecule has 1 saturated heterocycles. The van der Waals surface area contributed by atoms with Crippen LogP contribution in [-0.2, 0) is 14.3 Å². The Kier molecular flexibility index (Phi) is 7.58. The van der Waals surface area contributed by atoms with Crippen LogP contribution >= 0.6 is 11.6 Å². The third-order valence-corrected chi connectivity index (χ3v) is 5.07. The summed E-state index contributed by atoms with van der Waals surface area (Å²) in [6.45, 7) is 4.01. The van der Waals surface area contributed by atoms with Gasteiger partial charge in [0.2, 0.25) is 5.91 Å². The van der Waals surface area contributed by atoms with Crippen molar-refractivity contribution in [3.8, 4) is 0 Å². The van der Waals surface area contributed by atoms with Crippen LogP contribution in [0.2, 0.25) is 5.02 Å². The molecule has 0 bridgehead atoms. The standard InChI is InChI=1S/C18H25ClN4O4/c1-12(16(24)21-18(26)20-2)22-8-10-23(11-9-22)15(17(25)27-3)13-6-4-5-7-14(13)19/h4-7,12,15H,8-11H2,1-3H3,(H2,20,21,24,26)/t12-,15-/m1/s1. The van der Waals surface area contributed by atoms with Crippen LogP contribution in [0.25, 0.3) is 0 Å². The lowest BCUT2D eigenvalue weighted by Crippen LogP contribution is -2.56. The fourth-order valence-corrected chi connectivity index (χ4v) is 3.35. The molecule has 27 heavy (non-hydrogen) atoms. The molecule has 0 spiro atoms. The number of imide groups is 1. The van der Waals surface area contributed by atoms with E-state index in [-0.39, 0.29) is 11.9 Å². The molecule has 0 aliphatic carbocycles. The Morgan fingerprint density at radius 1 is 1.11 bits per heavy atom. The van der Waals surface area contributed by atoms with E-state index < -0.39 is 18.1 Å². The van der Waals surface area contributed by atoms with E-state index >= 15 is 0 Å². The number of esters is 1. The molecule has 0 aromatic heterocycles. The number of rotatable bonds is 5. The van der Waals surface area contributed by atoms with Crippen LogP contribution in [-0.4, -0.2) is 74.1 Å². The topological polar surface area (TPSA) is 91.0 Å². The van der Waals surface area contributed by atoms with Gasteiger partial charge in [0.1, 0.15) is 6.04 Å². The summed E-state index contributed by atoms with van der Waals surface area (Å²) in [5, 5.41) is 5.15. The zero-order valence-corrected chi connectivity index (χ0v) is 16.5. The number of hydrogen-bond acceptors (Lipinski definition) is 6. The van der Waals surface area contributed by atoms with E-state index in [1.807, 2.05) is 28.0 Å². The largest absolute Gasteiger partial charge is 0.468 e. The lowest BCUT2D eigenvalue weighted by molar-refractivity contribution is -0.148. The van der Waals surface area contributed by atoms with E-state index in [1.54, 1.807) is 13.0 Å². The van der Waals surface area contributed by atoms with Crippen molar-refractivity contribution in [1.82, 2.24) is 20.4 Å². The number of amides is 3. The molecule has 1 aromatic rings. The number of halogens is 1. The van der Waals surface area contributed by atoms with Gasteiger partial charge in [-0.15, -0.1) is 0 Å². The summed E-state index contributed by atoms with van der Waals surface area (Å²) < 4.78 is 4.98. The van der Waals surface area contributed by atoms with Crippen LogP contribution in [0.3, 0.4) is 0 Å². The number of hydrogen-bond donors (Lipinski definition) is 2. The molecule has 1 aliphatic rings. The highest BCUT2D eigenvalue weighted by molar-refractivity contribution is 6.31. The average molecular weight is 397 g/mol. The third-order valence-electron chi connectivity index (χ3n) is 4.73. The first-order valence-electron chi connectivity index (χ1n) is 8.72. The zero-order valence-electron chi connectivity index (χ0n) is 15.7. The van der Waals surface area contributed by atoms with Crippen molar-refractivity contribution in [1.29, 1.82) is 0 Å². The Hall–Kier alpha value is -2.16. The van der Waals surface area contributed by atoms with Crippen molar-refractivity contribution in [2.75, 3.05) is 40.3 Å². The molecular weight excluding hydrogens is 372 g/mol. The normalized spacial score (nSPS) is 17.6. The van der Waals surface area contributed by atoms with Crippen LogP contribution < -0.4 is 10.6 Å². The number of methoxy groups -OCH3 is 1. The van der Waals surface area contributed by atoms with Gasteiger partial charge in [0.05, 0.1) is 13.2 Å². The highest BCUT2D eigenvalue weighted by Crippen LogP contribution is 2.29. The molecule has 1 aliphatic heterocycles. The maximum Gasteiger partial charge on any atom is 0.327 e. The van der Waals surface area contributed by atoms with Crippen molar-refractivity contribution < 1.29 is 19.1 Å². The monoisotopic (exact) mass is 396 g/mol. The first-order valence-corrected chi connectivity index (χ1v) is 9.09. The molecule has 3 amide bonds. The molecule has 0 radical (unpaired) electrons. The second-order valence-corrected chi connectivity index (χ2v) is 6.67. The Morgan fingerprint density at radius 2 is 1.70 bits per heavy atom. The third kappa shape index (κ3) is 5.18. The lowest BCUT2D eigenvalue weighted by Gasteiger charge is -2.40. The Balaban J connectivity index is 2.05. The summed E-state index contributed by atoms with van der Waals surface area (Å²) in [5.41, 5.74) is 0.699. The molecule has 2 atom stereocenters. The molecule has 0 saturated carbocycles. The highest BCUT2D eigenvalue weighted by atomic mass is 35.5. The Morgan fingerprint density at radius 3 is 2.26 bits per heavy atom. The molecule has 1 heterocycles. The van der Waals surface area contributed by atoms with Gasteiger partial charge >= 0.3 is 12.0 Å². The van der Waals surface area contributed by atoms with Gasteiger partial charge in [0.15, 0.2) is 0 Å². The number of carbonyl (C=O) groups is 3. The first-order chi connectivity index (χ1) is 12.9. The summed E-state index contributed by atoms with van der Waals surface area (Å²) >= 11 is 6.29. The second kappa shape index (κ2) is 9.68. The van der Waals surface area contributed by atoms with Crippen LogP contribution in [0.15, 0.2) is 24.3 Å². The van der Waals surface area contributed by atoms with E-state index in [2.05, 4.69) is 10.6 Å². The molecule has 9 heteroatoms. The fourth-order valence-electron chi connectivity index (χ4n) is 3.11. The second-order valence-electron chi connectivity index (χ2n) is 6.26. The van der Waals surface area contributed by atoms with Crippen molar-refractivity contribution in [3.63, 3.8) is 0 Å². The van der Waals surface area contributed by atoms with E-state index in [0.717, 1.165) is 0 Å². The SMILES string of the molecule is CNC(=O)NC(=O)[C@@H](C)N1CCN([C@@H](C(=O)OC)c2ccccc2Cl)CC1. The van der Waals surface area contributed by atoms with Gasteiger partial charge < -0.3 is 10.1 Å². The van der Waals surface area contributed by atoms with Gasteiger partial charge in [0.25, 0.3) is 0 Å². The smallest absolute Gasteiger partial charge is 0.327 e.